The lowest BCUT2D eigenvalue weighted by Crippen LogP contribution is -2.09. The molecule has 32 heavy (non-hydrogen) atoms. The van der Waals surface area contributed by atoms with E-state index in [-0.39, 0.29) is 18.1 Å². The van der Waals surface area contributed by atoms with Crippen molar-refractivity contribution >= 4 is 11.6 Å². The van der Waals surface area contributed by atoms with Crippen molar-refractivity contribution in [3.63, 3.8) is 0 Å². The first kappa shape index (κ1) is 22.4. The molecule has 0 bridgehead atoms. The molecule has 1 aliphatic rings. The average molecular weight is 470 g/mol. The van der Waals surface area contributed by atoms with E-state index in [0.29, 0.717) is 40.3 Å². The Hall–Kier alpha value is -2.81. The van der Waals surface area contributed by atoms with Gasteiger partial charge in [-0.1, -0.05) is 24.4 Å². The predicted molar refractivity (Wildman–Crippen MR) is 110 cm³/mol. The molecule has 1 aliphatic carbocycles. The Kier molecular flexibility index (Phi) is 6.28. The molecule has 1 saturated carbocycles. The Balaban J connectivity index is 1.52. The van der Waals surface area contributed by atoms with Gasteiger partial charge < -0.3 is 14.5 Å². The predicted octanol–water partition coefficient (Wildman–Crippen LogP) is 6.53. The highest BCUT2D eigenvalue weighted by molar-refractivity contribution is 6.31. The van der Waals surface area contributed by atoms with Crippen LogP contribution in [0.3, 0.4) is 0 Å². The third-order valence-electron chi connectivity index (χ3n) is 5.47. The normalized spacial score (nSPS) is 14.7. The maximum atomic E-state index is 14.0. The second-order valence-electron chi connectivity index (χ2n) is 7.57. The van der Waals surface area contributed by atoms with Gasteiger partial charge in [0, 0.05) is 17.7 Å². The third-order valence-corrected chi connectivity index (χ3v) is 5.74. The zero-order valence-electron chi connectivity index (χ0n) is 17.1. The topological polar surface area (TPSA) is 60.0 Å². The molecule has 0 radical (unpaired) electrons. The number of ether oxygens (including phenoxy) is 2. The van der Waals surface area contributed by atoms with Crippen molar-refractivity contribution in [2.24, 2.45) is 0 Å². The van der Waals surface area contributed by atoms with E-state index in [1.807, 2.05) is 0 Å². The molecule has 10 heteroatoms. The van der Waals surface area contributed by atoms with Crippen LogP contribution in [0.25, 0.3) is 11.3 Å². The number of pyridine rings is 1. The average Bonchev–Trinajstić information content (AvgIpc) is 3.42. The van der Waals surface area contributed by atoms with Gasteiger partial charge in [-0.05, 0) is 37.1 Å². The summed E-state index contributed by atoms with van der Waals surface area (Å²) in [6, 6.07) is 5.42. The van der Waals surface area contributed by atoms with Crippen molar-refractivity contribution in [3.8, 4) is 22.8 Å². The molecule has 0 atom stereocenters. The number of benzene rings is 1. The number of H-pyrrole nitrogens is 1. The van der Waals surface area contributed by atoms with Crippen LogP contribution in [-0.2, 0) is 12.8 Å². The second-order valence-corrected chi connectivity index (χ2v) is 7.95. The largest absolute Gasteiger partial charge is 0.493 e. The van der Waals surface area contributed by atoms with E-state index in [1.165, 1.54) is 20.0 Å². The molecule has 170 valence electrons. The minimum atomic E-state index is -4.67. The number of aromatic nitrogens is 3. The number of imidazole rings is 1. The molecule has 2 aromatic heterocycles. The molecule has 1 aromatic carbocycles. The Morgan fingerprint density at radius 1 is 1.16 bits per heavy atom. The van der Waals surface area contributed by atoms with Gasteiger partial charge in [-0.3, -0.25) is 4.98 Å². The van der Waals surface area contributed by atoms with Crippen molar-refractivity contribution < 1.29 is 27.0 Å². The van der Waals surface area contributed by atoms with Crippen LogP contribution in [0.5, 0.6) is 11.5 Å². The zero-order valence-corrected chi connectivity index (χ0v) is 17.9. The summed E-state index contributed by atoms with van der Waals surface area (Å²) < 4.78 is 63.0. The highest BCUT2D eigenvalue weighted by Gasteiger charge is 2.32. The van der Waals surface area contributed by atoms with E-state index in [9.17, 15) is 17.6 Å². The fraction of sp³-hybridized carbons (Fsp3) is 0.364. The van der Waals surface area contributed by atoms with Crippen molar-refractivity contribution in [2.75, 3.05) is 7.11 Å². The van der Waals surface area contributed by atoms with Crippen LogP contribution in [0.15, 0.2) is 30.5 Å². The first-order valence-corrected chi connectivity index (χ1v) is 10.4. The number of hydrogen-bond donors (Lipinski definition) is 1. The van der Waals surface area contributed by atoms with Crippen LogP contribution >= 0.6 is 11.6 Å². The molecule has 1 fully saturated rings. The maximum Gasteiger partial charge on any atom is 0.417 e. The quantitative estimate of drug-likeness (QED) is 0.417. The van der Waals surface area contributed by atoms with Crippen LogP contribution in [0.2, 0.25) is 5.15 Å². The summed E-state index contributed by atoms with van der Waals surface area (Å²) in [5.41, 5.74) is -0.110. The molecule has 5 nitrogen and oxygen atoms in total. The fourth-order valence-corrected chi connectivity index (χ4v) is 4.01. The number of nitrogens with one attached hydrogen (secondary N) is 1. The first-order valence-electron chi connectivity index (χ1n) is 10.0. The first-order chi connectivity index (χ1) is 15.3. The van der Waals surface area contributed by atoms with Crippen LogP contribution in [0, 0.1) is 5.82 Å². The van der Waals surface area contributed by atoms with Gasteiger partial charge in [-0.25, -0.2) is 9.37 Å². The lowest BCUT2D eigenvalue weighted by Gasteiger charge is -2.13. The van der Waals surface area contributed by atoms with Crippen LogP contribution in [-0.4, -0.2) is 22.1 Å². The minimum absolute atomic E-state index is 0.249. The van der Waals surface area contributed by atoms with E-state index >= 15 is 0 Å². The Labute approximate surface area is 186 Å². The molecule has 0 aliphatic heterocycles. The van der Waals surface area contributed by atoms with Crippen molar-refractivity contribution in [2.45, 2.75) is 44.4 Å². The summed E-state index contributed by atoms with van der Waals surface area (Å²) >= 11 is 6.38. The van der Waals surface area contributed by atoms with Gasteiger partial charge >= 0.3 is 6.18 Å². The van der Waals surface area contributed by atoms with Gasteiger partial charge in [0.1, 0.15) is 34.8 Å². The fourth-order valence-electron chi connectivity index (χ4n) is 3.76. The molecule has 0 amide bonds. The second kappa shape index (κ2) is 8.97. The lowest BCUT2D eigenvalue weighted by molar-refractivity contribution is -0.138. The number of nitrogens with zero attached hydrogens (tertiary/aromatic N) is 2. The molecular formula is C22H20ClF4N3O2. The number of hydrogen-bond acceptors (Lipinski definition) is 4. The molecule has 0 unspecified atom stereocenters. The Morgan fingerprint density at radius 3 is 2.56 bits per heavy atom. The molecule has 4 rings (SSSR count). The monoisotopic (exact) mass is 469 g/mol. The third kappa shape index (κ3) is 4.67. The highest BCUT2D eigenvalue weighted by atomic mass is 35.5. The van der Waals surface area contributed by atoms with Crippen LogP contribution < -0.4 is 9.47 Å². The van der Waals surface area contributed by atoms with Gasteiger partial charge in [0.25, 0.3) is 0 Å². The molecular weight excluding hydrogens is 450 g/mol. The standard InChI is InChI=1S/C22H20ClF4N3O2/c1-31-18-8-13(19-20(23)30-21(29-19)12-4-2-3-5-12)6-7-17(18)32-11-16-15(24)9-14(10-28-16)22(25,26)27/h6-10,12H,2-5,11H2,1H3,(H,29,30). The summed E-state index contributed by atoms with van der Waals surface area (Å²) in [4.78, 5) is 11.4. The van der Waals surface area contributed by atoms with Crippen molar-refractivity contribution in [3.05, 3.63) is 58.5 Å². The Bertz CT molecular complexity index is 1110. The van der Waals surface area contributed by atoms with Crippen molar-refractivity contribution in [1.82, 2.24) is 15.0 Å². The number of aromatic amines is 1. The van der Waals surface area contributed by atoms with Gasteiger partial charge in [0.2, 0.25) is 0 Å². The summed E-state index contributed by atoms with van der Waals surface area (Å²) in [5.74, 6) is 0.761. The van der Waals surface area contributed by atoms with Gasteiger partial charge in [-0.2, -0.15) is 13.2 Å². The van der Waals surface area contributed by atoms with E-state index in [1.54, 1.807) is 18.2 Å². The number of rotatable bonds is 6. The van der Waals surface area contributed by atoms with Gasteiger partial charge in [0.15, 0.2) is 11.5 Å². The smallest absolute Gasteiger partial charge is 0.417 e. The maximum absolute atomic E-state index is 14.0. The SMILES string of the molecule is COc1cc(-c2nc(C3CCCC3)[nH]c2Cl)ccc1OCc1ncc(C(F)(F)F)cc1F. The minimum Gasteiger partial charge on any atom is -0.493 e. The number of alkyl halides is 3. The summed E-state index contributed by atoms with van der Waals surface area (Å²) in [5, 5.41) is 0.429. The Morgan fingerprint density at radius 2 is 1.91 bits per heavy atom. The number of halogens is 5. The molecule has 1 N–H and O–H groups in total. The highest BCUT2D eigenvalue weighted by Crippen LogP contribution is 2.38. The van der Waals surface area contributed by atoms with Crippen LogP contribution in [0.1, 0.15) is 48.7 Å². The summed E-state index contributed by atoms with van der Waals surface area (Å²) in [6.45, 7) is -0.366. The van der Waals surface area contributed by atoms with E-state index < -0.39 is 17.6 Å². The van der Waals surface area contributed by atoms with E-state index in [2.05, 4.69) is 15.0 Å². The van der Waals surface area contributed by atoms with Gasteiger partial charge in [-0.15, -0.1) is 0 Å². The van der Waals surface area contributed by atoms with Crippen LogP contribution in [0.4, 0.5) is 17.6 Å². The summed E-state index contributed by atoms with van der Waals surface area (Å²) in [6.07, 6.45) is 0.405. The molecule has 0 saturated heterocycles. The molecule has 2 heterocycles. The molecule has 0 spiro atoms. The zero-order chi connectivity index (χ0) is 22.9. The summed E-state index contributed by atoms with van der Waals surface area (Å²) in [7, 11) is 1.44. The van der Waals surface area contributed by atoms with E-state index in [0.717, 1.165) is 18.7 Å². The van der Waals surface area contributed by atoms with Gasteiger partial charge in [0.05, 0.1) is 12.7 Å². The number of methoxy groups -OCH3 is 1. The molecule has 3 aromatic rings. The van der Waals surface area contributed by atoms with Crippen molar-refractivity contribution in [1.29, 1.82) is 0 Å². The van der Waals surface area contributed by atoms with E-state index in [4.69, 9.17) is 21.1 Å². The lowest BCUT2D eigenvalue weighted by atomic mass is 10.1.